The topological polar surface area (TPSA) is 139 Å². The quantitative estimate of drug-likeness (QED) is 0.248. The van der Waals surface area contributed by atoms with E-state index in [4.69, 9.17) is 0 Å². The highest BCUT2D eigenvalue weighted by Crippen LogP contribution is 2.58. The van der Waals surface area contributed by atoms with Crippen molar-refractivity contribution in [3.05, 3.63) is 60.7 Å². The number of aliphatic carboxylic acids is 2. The van der Waals surface area contributed by atoms with Crippen LogP contribution >= 0.6 is 0 Å². The molecule has 2 aliphatic heterocycles. The molecule has 46 heavy (non-hydrogen) atoms. The minimum absolute atomic E-state index is 0.293. The van der Waals surface area contributed by atoms with E-state index < -0.39 is 57.8 Å². The molecule has 2 aromatic carbocycles. The number of likely N-dealkylation sites (tertiary alicyclic amines) is 2. The van der Waals surface area contributed by atoms with Gasteiger partial charge in [0.05, 0.1) is 11.8 Å². The van der Waals surface area contributed by atoms with E-state index in [2.05, 4.69) is 10.6 Å². The lowest BCUT2D eigenvalue weighted by atomic mass is 9.52. The first-order valence-corrected chi connectivity index (χ1v) is 16.0. The molecule has 4 amide bonds. The maximum atomic E-state index is 13.7. The third-order valence-corrected chi connectivity index (χ3v) is 10.2. The molecular weight excluding hydrogens is 584 g/mol. The van der Waals surface area contributed by atoms with E-state index in [1.165, 1.54) is 0 Å². The zero-order valence-corrected chi connectivity index (χ0v) is 28.4. The number of piperidine rings is 2. The number of carboxylic acid groups (broad SMARTS) is 2. The fraction of sp³-hybridized carbons (Fsp3) is 0.556. The summed E-state index contributed by atoms with van der Waals surface area (Å²) in [5.74, 6) is -3.45. The van der Waals surface area contributed by atoms with Crippen LogP contribution in [0.4, 0.5) is 21.0 Å². The summed E-state index contributed by atoms with van der Waals surface area (Å²) >= 11 is 0. The van der Waals surface area contributed by atoms with Crippen LogP contribution in [-0.4, -0.2) is 66.2 Å². The van der Waals surface area contributed by atoms with Gasteiger partial charge in [-0.2, -0.15) is 0 Å². The number of hydrogen-bond acceptors (Lipinski definition) is 4. The Kier molecular flexibility index (Phi) is 9.27. The van der Waals surface area contributed by atoms with Gasteiger partial charge in [0.1, 0.15) is 0 Å². The number of carbonyl (C=O) groups is 4. The van der Waals surface area contributed by atoms with Crippen molar-refractivity contribution >= 4 is 35.4 Å². The average Bonchev–Trinajstić information content (AvgIpc) is 2.89. The van der Waals surface area contributed by atoms with E-state index in [0.29, 0.717) is 37.1 Å². The molecule has 2 fully saturated rings. The average molecular weight is 635 g/mol. The second-order valence-corrected chi connectivity index (χ2v) is 15.6. The molecule has 10 nitrogen and oxygen atoms in total. The van der Waals surface area contributed by atoms with Gasteiger partial charge in [-0.05, 0) is 117 Å². The third kappa shape index (κ3) is 6.71. The molecule has 0 atom stereocenters. The molecule has 2 aliphatic rings. The number of carboxylic acids is 2. The Morgan fingerprint density at radius 3 is 1.20 bits per heavy atom. The molecule has 0 saturated carbocycles. The van der Waals surface area contributed by atoms with E-state index in [0.717, 1.165) is 0 Å². The van der Waals surface area contributed by atoms with E-state index in [-0.39, 0.29) is 12.1 Å². The van der Waals surface area contributed by atoms with Crippen molar-refractivity contribution in [3.63, 3.8) is 0 Å². The second-order valence-electron chi connectivity index (χ2n) is 15.6. The molecule has 0 aliphatic carbocycles. The summed E-state index contributed by atoms with van der Waals surface area (Å²) in [4.78, 5) is 57.3. The maximum absolute atomic E-state index is 13.7. The van der Waals surface area contributed by atoms with E-state index in [9.17, 15) is 29.4 Å². The van der Waals surface area contributed by atoms with Crippen molar-refractivity contribution in [1.29, 1.82) is 0 Å². The SMILES string of the molecule is CC1(C)CC(C(CC(=O)O)(C(=O)O)C2CC(C)(C)N(C(=O)Nc3ccccc3)C(C)(C)C2)CC(C)(C)N1C(=O)Nc1ccccc1. The maximum Gasteiger partial charge on any atom is 0.322 e. The molecule has 2 heterocycles. The van der Waals surface area contributed by atoms with Crippen molar-refractivity contribution in [2.24, 2.45) is 17.3 Å². The van der Waals surface area contributed by atoms with Crippen LogP contribution in [0.25, 0.3) is 0 Å². The summed E-state index contributed by atoms with van der Waals surface area (Å²) in [6.45, 7) is 15.4. The zero-order valence-electron chi connectivity index (χ0n) is 28.4. The molecule has 0 spiro atoms. The fourth-order valence-corrected chi connectivity index (χ4v) is 9.09. The molecule has 0 bridgehead atoms. The smallest absolute Gasteiger partial charge is 0.322 e. The van der Waals surface area contributed by atoms with E-state index in [1.807, 2.05) is 116 Å². The van der Waals surface area contributed by atoms with Gasteiger partial charge in [0.25, 0.3) is 0 Å². The Morgan fingerprint density at radius 1 is 0.630 bits per heavy atom. The highest BCUT2D eigenvalue weighted by molar-refractivity contribution is 5.91. The zero-order chi connectivity index (χ0) is 34.3. The van der Waals surface area contributed by atoms with Crippen LogP contribution < -0.4 is 10.6 Å². The number of urea groups is 2. The van der Waals surface area contributed by atoms with E-state index in [1.54, 1.807) is 9.80 Å². The molecule has 0 radical (unpaired) electrons. The molecule has 2 aromatic rings. The predicted octanol–water partition coefficient (Wildman–Crippen LogP) is 7.53. The number of benzene rings is 2. The van der Waals surface area contributed by atoms with Crippen LogP contribution in [0.1, 0.15) is 87.5 Å². The van der Waals surface area contributed by atoms with Crippen LogP contribution in [0.15, 0.2) is 60.7 Å². The Bertz CT molecular complexity index is 1320. The van der Waals surface area contributed by atoms with Crippen LogP contribution in [0, 0.1) is 17.3 Å². The molecule has 4 rings (SSSR count). The van der Waals surface area contributed by atoms with Crippen molar-refractivity contribution in [3.8, 4) is 0 Å². The normalized spacial score (nSPS) is 20.9. The third-order valence-electron chi connectivity index (χ3n) is 10.2. The Balaban J connectivity index is 1.71. The summed E-state index contributed by atoms with van der Waals surface area (Å²) in [5.41, 5.74) is -3.53. The lowest BCUT2D eigenvalue weighted by Crippen LogP contribution is -2.69. The summed E-state index contributed by atoms with van der Waals surface area (Å²) in [6.07, 6.45) is 0.644. The Hall–Kier alpha value is -4.08. The van der Waals surface area contributed by atoms with Crippen molar-refractivity contribution in [2.75, 3.05) is 10.6 Å². The molecule has 10 heteroatoms. The van der Waals surface area contributed by atoms with Gasteiger partial charge in [-0.1, -0.05) is 36.4 Å². The van der Waals surface area contributed by atoms with Gasteiger partial charge in [0, 0.05) is 33.5 Å². The van der Waals surface area contributed by atoms with Crippen LogP contribution in [0.5, 0.6) is 0 Å². The largest absolute Gasteiger partial charge is 0.481 e. The summed E-state index contributed by atoms with van der Waals surface area (Å²) in [7, 11) is 0. The molecule has 4 N–H and O–H groups in total. The predicted molar refractivity (Wildman–Crippen MR) is 179 cm³/mol. The number of para-hydroxylation sites is 2. The minimum atomic E-state index is -1.64. The monoisotopic (exact) mass is 634 g/mol. The Morgan fingerprint density at radius 2 is 0.935 bits per heavy atom. The number of nitrogens with one attached hydrogen (secondary N) is 2. The number of carbonyl (C=O) groups excluding carboxylic acids is 2. The van der Waals surface area contributed by atoms with Gasteiger partial charge < -0.3 is 30.6 Å². The summed E-state index contributed by atoms with van der Waals surface area (Å²) < 4.78 is 0. The summed E-state index contributed by atoms with van der Waals surface area (Å²) in [6, 6.07) is 17.7. The standard InChI is InChI=1S/C36H50N4O6/c1-32(2)19-24(20-33(3,4)39(32)30(45)37-26-15-11-9-12-16-26)36(29(43)44,23-28(41)42)25-21-34(5,6)40(35(7,8)22-25)31(46)38-27-17-13-10-14-18-27/h9-18,24-25H,19-23H2,1-8H3,(H,37,45)(H,38,46)(H,41,42)(H,43,44). The lowest BCUT2D eigenvalue weighted by molar-refractivity contribution is -0.178. The van der Waals surface area contributed by atoms with Crippen molar-refractivity contribution in [2.45, 2.75) is 110 Å². The molecule has 0 aromatic heterocycles. The first-order valence-electron chi connectivity index (χ1n) is 16.0. The van der Waals surface area contributed by atoms with Gasteiger partial charge in [-0.3, -0.25) is 9.59 Å². The minimum Gasteiger partial charge on any atom is -0.481 e. The highest BCUT2D eigenvalue weighted by atomic mass is 16.4. The van der Waals surface area contributed by atoms with Gasteiger partial charge >= 0.3 is 24.0 Å². The first kappa shape index (κ1) is 34.8. The van der Waals surface area contributed by atoms with Gasteiger partial charge in [0.15, 0.2) is 0 Å². The molecule has 0 unspecified atom stereocenters. The highest BCUT2D eigenvalue weighted by Gasteiger charge is 2.63. The molecule has 2 saturated heterocycles. The van der Waals surface area contributed by atoms with Gasteiger partial charge in [-0.25, -0.2) is 9.59 Å². The molecular formula is C36H50N4O6. The summed E-state index contributed by atoms with van der Waals surface area (Å²) in [5, 5.41) is 27.4. The Labute approximate surface area is 272 Å². The fourth-order valence-electron chi connectivity index (χ4n) is 9.09. The number of nitrogens with zero attached hydrogens (tertiary/aromatic N) is 2. The van der Waals surface area contributed by atoms with Crippen LogP contribution in [0.2, 0.25) is 0 Å². The first-order chi connectivity index (χ1) is 21.2. The van der Waals surface area contributed by atoms with Crippen LogP contribution in [-0.2, 0) is 9.59 Å². The van der Waals surface area contributed by atoms with Gasteiger partial charge in [-0.15, -0.1) is 0 Å². The lowest BCUT2D eigenvalue weighted by Gasteiger charge is -2.62. The second kappa shape index (κ2) is 12.3. The van der Waals surface area contributed by atoms with E-state index >= 15 is 0 Å². The number of rotatable bonds is 7. The van der Waals surface area contributed by atoms with Gasteiger partial charge in [0.2, 0.25) is 0 Å². The number of amides is 4. The molecule has 250 valence electrons. The number of anilines is 2. The van der Waals surface area contributed by atoms with Crippen molar-refractivity contribution in [1.82, 2.24) is 9.80 Å². The number of hydrogen-bond donors (Lipinski definition) is 4. The van der Waals surface area contributed by atoms with Crippen LogP contribution in [0.3, 0.4) is 0 Å². The van der Waals surface area contributed by atoms with Crippen molar-refractivity contribution < 1.29 is 29.4 Å².